The second kappa shape index (κ2) is 5.41. The number of Topliss-reactive ketones (excluding diaryl/α,β-unsaturated/α-hetero) is 1. The van der Waals surface area contributed by atoms with Gasteiger partial charge in [0, 0.05) is 17.1 Å². The second-order valence-electron chi connectivity index (χ2n) is 1.77. The van der Waals surface area contributed by atoms with Gasteiger partial charge < -0.3 is 0 Å². The zero-order valence-electron chi connectivity index (χ0n) is 6.04. The largest absolute Gasteiger partial charge is 0.294 e. The molecule has 2 atom stereocenters. The lowest BCUT2D eigenvalue weighted by molar-refractivity contribution is -0.115. The highest BCUT2D eigenvalue weighted by Crippen LogP contribution is 2.17. The first-order valence-corrected chi connectivity index (χ1v) is 6.45. The molecule has 0 spiro atoms. The van der Waals surface area contributed by atoms with Gasteiger partial charge in [0.05, 0.1) is 0 Å². The number of halogens is 2. The van der Waals surface area contributed by atoms with E-state index < -0.39 is 20.2 Å². The van der Waals surface area contributed by atoms with E-state index in [1.165, 1.54) is 18.0 Å². The first-order valence-electron chi connectivity index (χ1n) is 2.67. The van der Waals surface area contributed by atoms with Gasteiger partial charge in [-0.3, -0.25) is 9.00 Å². The minimum absolute atomic E-state index is 0.387. The molecule has 0 aromatic rings. The molecular weight excluding hydrogens is 227 g/mol. The Morgan fingerprint density at radius 1 is 1.55 bits per heavy atom. The van der Waals surface area contributed by atoms with E-state index in [-0.39, 0.29) is 5.78 Å². The maximum Gasteiger partial charge on any atom is 0.191 e. The maximum absolute atomic E-state index is 11.0. The molecule has 0 aliphatic rings. The van der Waals surface area contributed by atoms with Gasteiger partial charge in [-0.2, -0.15) is 0 Å². The third-order valence-electron chi connectivity index (χ3n) is 0.963. The number of alkyl halides is 2. The van der Waals surface area contributed by atoms with Crippen LogP contribution >= 0.6 is 35.0 Å². The molecule has 0 saturated heterocycles. The fourth-order valence-electron chi connectivity index (χ4n) is 0.518. The van der Waals surface area contributed by atoms with E-state index in [9.17, 15) is 9.00 Å². The van der Waals surface area contributed by atoms with Crippen LogP contribution < -0.4 is 0 Å². The van der Waals surface area contributed by atoms with Crippen LogP contribution in [0.15, 0.2) is 0 Å². The van der Waals surface area contributed by atoms with Crippen LogP contribution in [-0.4, -0.2) is 31.9 Å². The molecule has 0 radical (unpaired) electrons. The zero-order chi connectivity index (χ0) is 9.02. The summed E-state index contributed by atoms with van der Waals surface area (Å²) in [4.78, 5) is 9.96. The summed E-state index contributed by atoms with van der Waals surface area (Å²) < 4.78 is 10.3. The van der Waals surface area contributed by atoms with Gasteiger partial charge in [0.1, 0.15) is 4.58 Å². The Hall–Kier alpha value is 0.750. The number of thioether (sulfide) groups is 1. The number of carbonyl (C=O) groups excluding carboxylic acids is 1. The maximum atomic E-state index is 11.0. The molecule has 2 unspecified atom stereocenters. The van der Waals surface area contributed by atoms with Crippen LogP contribution in [0.1, 0.15) is 0 Å². The Morgan fingerprint density at radius 3 is 2.09 bits per heavy atom. The van der Waals surface area contributed by atoms with Gasteiger partial charge in [0.25, 0.3) is 0 Å². The van der Waals surface area contributed by atoms with Crippen molar-refractivity contribution in [3.8, 4) is 0 Å². The van der Waals surface area contributed by atoms with E-state index in [0.29, 0.717) is 0 Å². The van der Waals surface area contributed by atoms with Crippen LogP contribution in [-0.2, 0) is 15.6 Å². The first kappa shape index (κ1) is 11.8. The number of hydrogen-bond acceptors (Lipinski definition) is 3. The summed E-state index contributed by atoms with van der Waals surface area (Å²) in [6.07, 6.45) is 3.15. The van der Waals surface area contributed by atoms with Gasteiger partial charge in [-0.15, -0.1) is 11.8 Å². The van der Waals surface area contributed by atoms with Crippen LogP contribution in [0.4, 0.5) is 0 Å². The van der Waals surface area contributed by atoms with Crippen molar-refractivity contribution in [1.82, 2.24) is 0 Å². The number of rotatable bonds is 4. The molecule has 0 heterocycles. The van der Waals surface area contributed by atoms with E-state index in [1.54, 1.807) is 6.26 Å². The van der Waals surface area contributed by atoms with Crippen molar-refractivity contribution in [1.29, 1.82) is 0 Å². The van der Waals surface area contributed by atoms with Crippen molar-refractivity contribution >= 4 is 51.5 Å². The lowest BCUT2D eigenvalue weighted by Gasteiger charge is -2.09. The predicted molar refractivity (Wildman–Crippen MR) is 51.9 cm³/mol. The summed E-state index contributed by atoms with van der Waals surface area (Å²) in [5, 5.41) is 0. The Bertz CT molecular complexity index is 172. The highest BCUT2D eigenvalue weighted by Gasteiger charge is 2.25. The Labute approximate surface area is 82.5 Å². The molecule has 0 aliphatic carbocycles. The van der Waals surface area contributed by atoms with E-state index in [1.807, 2.05) is 0 Å². The van der Waals surface area contributed by atoms with E-state index in [4.69, 9.17) is 23.2 Å². The number of ketones is 1. The molecular formula is C5H8Cl2O2S2. The SMILES string of the molecule is CSC(C(=O)C(Cl)Cl)S(C)=O. The summed E-state index contributed by atoms with van der Waals surface area (Å²) in [6.45, 7) is 0. The second-order valence-corrected chi connectivity index (χ2v) is 5.58. The van der Waals surface area contributed by atoms with Crippen molar-refractivity contribution < 1.29 is 9.00 Å². The summed E-state index contributed by atoms with van der Waals surface area (Å²) in [5.74, 6) is -0.387. The van der Waals surface area contributed by atoms with E-state index in [2.05, 4.69) is 0 Å². The molecule has 0 N–H and O–H groups in total. The van der Waals surface area contributed by atoms with Crippen LogP contribution in [0, 0.1) is 0 Å². The van der Waals surface area contributed by atoms with Crippen molar-refractivity contribution in [2.75, 3.05) is 12.5 Å². The molecule has 0 aromatic heterocycles. The monoisotopic (exact) mass is 234 g/mol. The van der Waals surface area contributed by atoms with Gasteiger partial charge in [-0.25, -0.2) is 0 Å². The third kappa shape index (κ3) is 3.78. The van der Waals surface area contributed by atoms with Gasteiger partial charge in [-0.1, -0.05) is 23.2 Å². The first-order chi connectivity index (χ1) is 5.00. The molecule has 0 fully saturated rings. The number of carbonyl (C=O) groups is 1. The quantitative estimate of drug-likeness (QED) is 0.691. The summed E-state index contributed by atoms with van der Waals surface area (Å²) in [5.41, 5.74) is 0. The molecule has 0 rings (SSSR count). The third-order valence-corrected chi connectivity index (χ3v) is 4.28. The highest BCUT2D eigenvalue weighted by molar-refractivity contribution is 8.11. The van der Waals surface area contributed by atoms with Gasteiger partial charge in [0.2, 0.25) is 0 Å². The fraction of sp³-hybridized carbons (Fsp3) is 0.800. The Morgan fingerprint density at radius 2 is 2.00 bits per heavy atom. The van der Waals surface area contributed by atoms with E-state index >= 15 is 0 Å². The molecule has 0 aromatic carbocycles. The topological polar surface area (TPSA) is 34.1 Å². The Balaban J connectivity index is 4.27. The van der Waals surface area contributed by atoms with Crippen molar-refractivity contribution in [3.05, 3.63) is 0 Å². The lowest BCUT2D eigenvalue weighted by atomic mass is 10.5. The summed E-state index contributed by atoms with van der Waals surface area (Å²) in [6, 6.07) is 0. The smallest absolute Gasteiger partial charge is 0.191 e. The lowest BCUT2D eigenvalue weighted by Crippen LogP contribution is -2.26. The molecule has 66 valence electrons. The molecule has 11 heavy (non-hydrogen) atoms. The highest BCUT2D eigenvalue weighted by atomic mass is 35.5. The Kier molecular flexibility index (Phi) is 5.77. The minimum atomic E-state index is -1.21. The van der Waals surface area contributed by atoms with Gasteiger partial charge in [-0.05, 0) is 6.26 Å². The predicted octanol–water partition coefficient (Wildman–Crippen LogP) is 1.43. The molecule has 2 nitrogen and oxygen atoms in total. The summed E-state index contributed by atoms with van der Waals surface area (Å²) in [7, 11) is -1.21. The minimum Gasteiger partial charge on any atom is -0.294 e. The van der Waals surface area contributed by atoms with Gasteiger partial charge in [0.15, 0.2) is 10.6 Å². The van der Waals surface area contributed by atoms with Crippen LogP contribution in [0.25, 0.3) is 0 Å². The normalized spacial score (nSPS) is 16.5. The average Bonchev–Trinajstić information content (AvgIpc) is 1.88. The fourth-order valence-corrected chi connectivity index (χ4v) is 2.98. The van der Waals surface area contributed by atoms with Crippen molar-refractivity contribution in [2.45, 2.75) is 9.42 Å². The molecule has 0 saturated carbocycles. The standard InChI is InChI=1S/C5H8Cl2O2S2/c1-10-5(11(2)9)3(8)4(6)7/h4-5H,1-2H3. The molecule has 0 bridgehead atoms. The summed E-state index contributed by atoms with van der Waals surface area (Å²) >= 11 is 11.8. The van der Waals surface area contributed by atoms with Gasteiger partial charge >= 0.3 is 0 Å². The van der Waals surface area contributed by atoms with E-state index in [0.717, 1.165) is 0 Å². The van der Waals surface area contributed by atoms with Crippen LogP contribution in [0.2, 0.25) is 0 Å². The molecule has 0 amide bonds. The zero-order valence-corrected chi connectivity index (χ0v) is 9.19. The number of hydrogen-bond donors (Lipinski definition) is 0. The molecule has 6 heteroatoms. The van der Waals surface area contributed by atoms with Crippen LogP contribution in [0.5, 0.6) is 0 Å². The van der Waals surface area contributed by atoms with Crippen LogP contribution in [0.3, 0.4) is 0 Å². The molecule has 0 aliphatic heterocycles. The van der Waals surface area contributed by atoms with Crippen molar-refractivity contribution in [3.63, 3.8) is 0 Å². The van der Waals surface area contributed by atoms with Crippen molar-refractivity contribution in [2.24, 2.45) is 0 Å². The average molecular weight is 235 g/mol.